The Bertz CT molecular complexity index is 614. The van der Waals surface area contributed by atoms with E-state index in [-0.39, 0.29) is 22.8 Å². The molecule has 0 radical (unpaired) electrons. The van der Waals surface area contributed by atoms with Gasteiger partial charge in [-0.15, -0.1) is 0 Å². The van der Waals surface area contributed by atoms with E-state index >= 15 is 0 Å². The zero-order chi connectivity index (χ0) is 14.5. The molecule has 1 aliphatic carbocycles. The molecule has 1 saturated heterocycles. The first-order valence-electron chi connectivity index (χ1n) is 6.52. The van der Waals surface area contributed by atoms with Gasteiger partial charge < -0.3 is 5.11 Å². The number of fused-ring (bicyclic) bond motifs is 1. The monoisotopic (exact) mass is 335 g/mol. The van der Waals surface area contributed by atoms with Crippen LogP contribution < -0.4 is 0 Å². The summed E-state index contributed by atoms with van der Waals surface area (Å²) in [4.78, 5) is 0.115. The van der Waals surface area contributed by atoms with Gasteiger partial charge in [0.05, 0.1) is 11.0 Å². The lowest BCUT2D eigenvalue weighted by Gasteiger charge is -2.18. The zero-order valence-electron chi connectivity index (χ0n) is 10.7. The number of benzene rings is 1. The molecule has 0 bridgehead atoms. The lowest BCUT2D eigenvalue weighted by atomic mass is 10.00. The summed E-state index contributed by atoms with van der Waals surface area (Å²) in [7, 11) is -3.60. The van der Waals surface area contributed by atoms with E-state index in [2.05, 4.69) is 0 Å². The third-order valence-electron chi connectivity index (χ3n) is 4.26. The average molecular weight is 336 g/mol. The third-order valence-corrected chi connectivity index (χ3v) is 6.51. The molecule has 1 aromatic carbocycles. The number of halogens is 2. The van der Waals surface area contributed by atoms with Gasteiger partial charge in [0.1, 0.15) is 0 Å². The molecular formula is C13H15Cl2NO3S. The van der Waals surface area contributed by atoms with Crippen molar-refractivity contribution < 1.29 is 13.5 Å². The van der Waals surface area contributed by atoms with Gasteiger partial charge in [0.2, 0.25) is 10.0 Å². The number of hydrogen-bond donors (Lipinski definition) is 1. The van der Waals surface area contributed by atoms with E-state index in [9.17, 15) is 13.5 Å². The van der Waals surface area contributed by atoms with Gasteiger partial charge in [0.15, 0.2) is 0 Å². The molecule has 1 saturated carbocycles. The second-order valence-electron chi connectivity index (χ2n) is 5.50. The van der Waals surface area contributed by atoms with Crippen LogP contribution in [0.1, 0.15) is 12.8 Å². The molecule has 0 spiro atoms. The Labute approximate surface area is 128 Å². The van der Waals surface area contributed by atoms with Gasteiger partial charge in [-0.1, -0.05) is 23.2 Å². The molecule has 2 fully saturated rings. The maximum absolute atomic E-state index is 12.6. The fourth-order valence-corrected chi connectivity index (χ4v) is 5.48. The maximum Gasteiger partial charge on any atom is 0.243 e. The first-order chi connectivity index (χ1) is 9.38. The van der Waals surface area contributed by atoms with Crippen molar-refractivity contribution in [3.8, 4) is 0 Å². The van der Waals surface area contributed by atoms with Gasteiger partial charge in [-0.3, -0.25) is 0 Å². The van der Waals surface area contributed by atoms with Crippen LogP contribution in [0, 0.1) is 11.8 Å². The number of aliphatic hydroxyl groups is 1. The van der Waals surface area contributed by atoms with E-state index in [1.54, 1.807) is 0 Å². The van der Waals surface area contributed by atoms with Crippen LogP contribution in [0.25, 0.3) is 0 Å². The summed E-state index contributed by atoms with van der Waals surface area (Å²) in [6, 6.07) is 4.32. The van der Waals surface area contributed by atoms with Crippen molar-refractivity contribution in [1.29, 1.82) is 0 Å². The highest BCUT2D eigenvalue weighted by molar-refractivity contribution is 7.89. The van der Waals surface area contributed by atoms with Gasteiger partial charge in [0.25, 0.3) is 0 Å². The fraction of sp³-hybridized carbons (Fsp3) is 0.538. The minimum absolute atomic E-state index is 0.0550. The highest BCUT2D eigenvalue weighted by Crippen LogP contribution is 2.40. The largest absolute Gasteiger partial charge is 0.393 e. The molecule has 1 heterocycles. The summed E-state index contributed by atoms with van der Waals surface area (Å²) in [5.41, 5.74) is 0. The Hall–Kier alpha value is -0.330. The van der Waals surface area contributed by atoms with Crippen LogP contribution in [0.3, 0.4) is 0 Å². The van der Waals surface area contributed by atoms with Crippen molar-refractivity contribution >= 4 is 33.2 Å². The molecule has 1 aromatic rings. The first-order valence-corrected chi connectivity index (χ1v) is 8.72. The molecule has 3 unspecified atom stereocenters. The molecule has 4 nitrogen and oxygen atoms in total. The van der Waals surface area contributed by atoms with E-state index < -0.39 is 10.0 Å². The number of rotatable bonds is 2. The number of sulfonamides is 1. The highest BCUT2D eigenvalue weighted by atomic mass is 35.5. The lowest BCUT2D eigenvalue weighted by molar-refractivity contribution is 0.129. The van der Waals surface area contributed by atoms with E-state index in [4.69, 9.17) is 23.2 Å². The van der Waals surface area contributed by atoms with Gasteiger partial charge in [-0.05, 0) is 37.0 Å². The summed E-state index contributed by atoms with van der Waals surface area (Å²) < 4.78 is 26.6. The van der Waals surface area contributed by atoms with E-state index in [1.165, 1.54) is 22.5 Å². The molecule has 1 aliphatic heterocycles. The van der Waals surface area contributed by atoms with Crippen LogP contribution in [-0.2, 0) is 10.0 Å². The van der Waals surface area contributed by atoms with Gasteiger partial charge in [-0.25, -0.2) is 8.42 Å². The van der Waals surface area contributed by atoms with E-state index in [1.807, 2.05) is 0 Å². The smallest absolute Gasteiger partial charge is 0.243 e. The minimum atomic E-state index is -3.60. The topological polar surface area (TPSA) is 57.6 Å². The predicted octanol–water partition coefficient (Wildman–Crippen LogP) is 2.38. The molecule has 2 aliphatic rings. The molecule has 110 valence electrons. The van der Waals surface area contributed by atoms with E-state index in [0.29, 0.717) is 23.1 Å². The summed E-state index contributed by atoms with van der Waals surface area (Å²) in [5.74, 6) is 0.314. The normalized spacial score (nSPS) is 30.6. The zero-order valence-corrected chi connectivity index (χ0v) is 13.0. The molecular weight excluding hydrogens is 321 g/mol. The summed E-state index contributed by atoms with van der Waals surface area (Å²) in [6.45, 7) is 0.840. The van der Waals surface area contributed by atoms with Crippen LogP contribution in [0.15, 0.2) is 23.1 Å². The van der Waals surface area contributed by atoms with Gasteiger partial charge in [0, 0.05) is 29.1 Å². The summed E-state index contributed by atoms with van der Waals surface area (Å²) in [6.07, 6.45) is 1.27. The van der Waals surface area contributed by atoms with Gasteiger partial charge >= 0.3 is 0 Å². The van der Waals surface area contributed by atoms with Crippen molar-refractivity contribution in [1.82, 2.24) is 4.31 Å². The lowest BCUT2D eigenvalue weighted by Crippen LogP contribution is -2.31. The van der Waals surface area contributed by atoms with Crippen molar-refractivity contribution in [2.45, 2.75) is 23.8 Å². The van der Waals surface area contributed by atoms with Crippen molar-refractivity contribution in [3.63, 3.8) is 0 Å². The molecule has 0 amide bonds. The van der Waals surface area contributed by atoms with Crippen LogP contribution in [0.2, 0.25) is 10.0 Å². The standard InChI is InChI=1S/C13H15Cl2NO3S/c14-9-3-10(15)5-11(4-9)20(18,19)16-6-8-1-2-13(17)12(8)7-16/h3-5,8,12-13,17H,1-2,6-7H2. The number of aliphatic hydroxyl groups excluding tert-OH is 1. The third kappa shape index (κ3) is 2.46. The highest BCUT2D eigenvalue weighted by Gasteiger charge is 2.45. The molecule has 3 atom stereocenters. The summed E-state index contributed by atoms with van der Waals surface area (Å²) in [5, 5.41) is 10.5. The molecule has 20 heavy (non-hydrogen) atoms. The van der Waals surface area contributed by atoms with Crippen molar-refractivity contribution in [3.05, 3.63) is 28.2 Å². The Morgan fingerprint density at radius 2 is 1.75 bits per heavy atom. The quantitative estimate of drug-likeness (QED) is 0.902. The SMILES string of the molecule is O=S(=O)(c1cc(Cl)cc(Cl)c1)N1CC2CCC(O)C2C1. The fourth-order valence-electron chi connectivity index (χ4n) is 3.22. The predicted molar refractivity (Wildman–Crippen MR) is 77.4 cm³/mol. The number of nitrogens with zero attached hydrogens (tertiary/aromatic N) is 1. The van der Waals surface area contributed by atoms with Crippen LogP contribution in [0.4, 0.5) is 0 Å². The van der Waals surface area contributed by atoms with Crippen LogP contribution >= 0.6 is 23.2 Å². The maximum atomic E-state index is 12.6. The van der Waals surface area contributed by atoms with Crippen LogP contribution in [0.5, 0.6) is 0 Å². The second-order valence-corrected chi connectivity index (χ2v) is 8.31. The molecule has 7 heteroatoms. The Kier molecular flexibility index (Phi) is 3.75. The van der Waals surface area contributed by atoms with Crippen molar-refractivity contribution in [2.75, 3.05) is 13.1 Å². The molecule has 1 N–H and O–H groups in total. The van der Waals surface area contributed by atoms with Crippen LogP contribution in [-0.4, -0.2) is 37.0 Å². The molecule has 3 rings (SSSR count). The van der Waals surface area contributed by atoms with E-state index in [0.717, 1.165) is 12.8 Å². The Balaban J connectivity index is 1.90. The van der Waals surface area contributed by atoms with Gasteiger partial charge in [-0.2, -0.15) is 4.31 Å². The number of hydrogen-bond acceptors (Lipinski definition) is 3. The minimum Gasteiger partial charge on any atom is -0.393 e. The average Bonchev–Trinajstić information content (AvgIpc) is 2.91. The Morgan fingerprint density at radius 1 is 1.10 bits per heavy atom. The first kappa shape index (κ1) is 14.6. The second kappa shape index (κ2) is 5.14. The molecule has 0 aromatic heterocycles. The Morgan fingerprint density at radius 3 is 2.35 bits per heavy atom. The van der Waals surface area contributed by atoms with Crippen molar-refractivity contribution in [2.24, 2.45) is 11.8 Å². The summed E-state index contributed by atoms with van der Waals surface area (Å²) >= 11 is 11.7.